The highest BCUT2D eigenvalue weighted by Gasteiger charge is 2.44. The van der Waals surface area contributed by atoms with Crippen LogP contribution in [0, 0.1) is 5.92 Å². The van der Waals surface area contributed by atoms with Crippen molar-refractivity contribution >= 4 is 12.1 Å². The van der Waals surface area contributed by atoms with Crippen molar-refractivity contribution in [2.45, 2.75) is 56.1 Å². The summed E-state index contributed by atoms with van der Waals surface area (Å²) < 4.78 is 11.6. The van der Waals surface area contributed by atoms with Gasteiger partial charge in [-0.2, -0.15) is 0 Å². The lowest BCUT2D eigenvalue weighted by Crippen LogP contribution is -2.51. The highest BCUT2D eigenvalue weighted by molar-refractivity contribution is 5.81. The normalized spacial score (nSPS) is 22.2. The van der Waals surface area contributed by atoms with E-state index in [1.165, 1.54) is 0 Å². The smallest absolute Gasteiger partial charge is 0.407 e. The Labute approximate surface area is 187 Å². The third-order valence-electron chi connectivity index (χ3n) is 7.40. The molecule has 1 spiro atoms. The predicted octanol–water partition coefficient (Wildman–Crippen LogP) is 4.72. The first-order valence-corrected chi connectivity index (χ1v) is 11.5. The first kappa shape index (κ1) is 21.0. The minimum atomic E-state index is -1.02. The molecule has 2 aromatic rings. The SMILES string of the molecule is O=C(NC(C(=O)O)C1CCOC2(CCCC2)C1)OCC1c2ccccc2-c2ccccc21. The van der Waals surface area contributed by atoms with Gasteiger partial charge < -0.3 is 19.9 Å². The number of carboxylic acid groups (broad SMARTS) is 1. The Kier molecular flexibility index (Phi) is 5.64. The van der Waals surface area contributed by atoms with Crippen molar-refractivity contribution in [2.75, 3.05) is 13.2 Å². The summed E-state index contributed by atoms with van der Waals surface area (Å²) in [5, 5.41) is 12.5. The van der Waals surface area contributed by atoms with Gasteiger partial charge in [0, 0.05) is 12.5 Å². The van der Waals surface area contributed by atoms with Crippen LogP contribution in [0.2, 0.25) is 0 Å². The average molecular weight is 436 g/mol. The molecule has 6 nitrogen and oxygen atoms in total. The number of nitrogens with one attached hydrogen (secondary N) is 1. The molecule has 0 radical (unpaired) electrons. The molecule has 0 bridgehead atoms. The first-order valence-electron chi connectivity index (χ1n) is 11.5. The highest BCUT2D eigenvalue weighted by atomic mass is 16.5. The summed E-state index contributed by atoms with van der Waals surface area (Å²) in [6.07, 6.45) is 4.80. The summed E-state index contributed by atoms with van der Waals surface area (Å²) in [5.41, 5.74) is 4.36. The molecule has 2 atom stereocenters. The van der Waals surface area contributed by atoms with Crippen LogP contribution in [0.5, 0.6) is 0 Å². The average Bonchev–Trinajstić information content (AvgIpc) is 3.38. The van der Waals surface area contributed by atoms with Crippen LogP contribution in [0.15, 0.2) is 48.5 Å². The summed E-state index contributed by atoms with van der Waals surface area (Å²) in [7, 11) is 0. The summed E-state index contributed by atoms with van der Waals surface area (Å²) in [6.45, 7) is 0.713. The quantitative estimate of drug-likeness (QED) is 0.710. The second kappa shape index (κ2) is 8.58. The van der Waals surface area contributed by atoms with E-state index in [4.69, 9.17) is 9.47 Å². The number of hydrogen-bond donors (Lipinski definition) is 2. The van der Waals surface area contributed by atoms with E-state index in [9.17, 15) is 14.7 Å². The van der Waals surface area contributed by atoms with E-state index < -0.39 is 18.1 Å². The fourth-order valence-corrected chi connectivity index (χ4v) is 5.87. The Bertz CT molecular complexity index is 967. The molecule has 1 heterocycles. The zero-order chi connectivity index (χ0) is 22.1. The van der Waals surface area contributed by atoms with Crippen molar-refractivity contribution in [3.63, 3.8) is 0 Å². The lowest BCUT2D eigenvalue weighted by Gasteiger charge is -2.40. The second-order valence-corrected chi connectivity index (χ2v) is 9.28. The molecule has 1 saturated heterocycles. The Hall–Kier alpha value is -2.86. The molecule has 2 aliphatic carbocycles. The maximum atomic E-state index is 12.7. The number of aliphatic carboxylic acids is 1. The van der Waals surface area contributed by atoms with E-state index in [0.717, 1.165) is 47.9 Å². The van der Waals surface area contributed by atoms with Crippen molar-refractivity contribution in [2.24, 2.45) is 5.92 Å². The number of ether oxygens (including phenoxy) is 2. The maximum Gasteiger partial charge on any atom is 0.407 e. The molecular weight excluding hydrogens is 406 g/mol. The van der Waals surface area contributed by atoms with Crippen molar-refractivity contribution < 1.29 is 24.2 Å². The van der Waals surface area contributed by atoms with Gasteiger partial charge in [0.05, 0.1) is 5.60 Å². The molecule has 1 saturated carbocycles. The molecule has 5 rings (SSSR count). The Morgan fingerprint density at radius 2 is 1.69 bits per heavy atom. The molecule has 2 unspecified atom stereocenters. The Morgan fingerprint density at radius 3 is 2.31 bits per heavy atom. The van der Waals surface area contributed by atoms with E-state index in [-0.39, 0.29) is 24.0 Å². The lowest BCUT2D eigenvalue weighted by molar-refractivity contribution is -0.145. The molecule has 1 amide bonds. The van der Waals surface area contributed by atoms with Crippen LogP contribution in [0.1, 0.15) is 55.6 Å². The number of hydrogen-bond acceptors (Lipinski definition) is 4. The van der Waals surface area contributed by atoms with Crippen molar-refractivity contribution in [1.82, 2.24) is 5.32 Å². The first-order chi connectivity index (χ1) is 15.6. The van der Waals surface area contributed by atoms with E-state index >= 15 is 0 Å². The van der Waals surface area contributed by atoms with E-state index in [1.54, 1.807) is 0 Å². The van der Waals surface area contributed by atoms with Gasteiger partial charge in [-0.3, -0.25) is 0 Å². The Morgan fingerprint density at radius 1 is 1.06 bits per heavy atom. The third kappa shape index (κ3) is 3.88. The molecule has 168 valence electrons. The zero-order valence-corrected chi connectivity index (χ0v) is 18.1. The van der Waals surface area contributed by atoms with Crippen LogP contribution in [0.4, 0.5) is 4.79 Å². The van der Waals surface area contributed by atoms with Gasteiger partial charge in [-0.1, -0.05) is 61.4 Å². The zero-order valence-electron chi connectivity index (χ0n) is 18.1. The van der Waals surface area contributed by atoms with Gasteiger partial charge >= 0.3 is 12.1 Å². The largest absolute Gasteiger partial charge is 0.480 e. The summed E-state index contributed by atoms with van der Waals surface area (Å²) in [6, 6.07) is 15.3. The van der Waals surface area contributed by atoms with Crippen molar-refractivity contribution in [3.8, 4) is 11.1 Å². The molecular formula is C26H29NO5. The minimum Gasteiger partial charge on any atom is -0.480 e. The fraction of sp³-hybridized carbons (Fsp3) is 0.462. The maximum absolute atomic E-state index is 12.7. The van der Waals surface area contributed by atoms with Crippen LogP contribution >= 0.6 is 0 Å². The molecule has 6 heteroatoms. The number of alkyl carbamates (subject to hydrolysis) is 1. The van der Waals surface area contributed by atoms with Crippen LogP contribution in [0.3, 0.4) is 0 Å². The fourth-order valence-electron chi connectivity index (χ4n) is 5.87. The van der Waals surface area contributed by atoms with Gasteiger partial charge in [-0.05, 0) is 53.9 Å². The second-order valence-electron chi connectivity index (χ2n) is 9.28. The van der Waals surface area contributed by atoms with E-state index in [1.807, 2.05) is 24.3 Å². The van der Waals surface area contributed by atoms with Gasteiger partial charge in [0.15, 0.2) is 0 Å². The van der Waals surface area contributed by atoms with Crippen molar-refractivity contribution in [3.05, 3.63) is 59.7 Å². The molecule has 0 aromatic heterocycles. The molecule has 32 heavy (non-hydrogen) atoms. The number of rotatable bonds is 5. The predicted molar refractivity (Wildman–Crippen MR) is 120 cm³/mol. The van der Waals surface area contributed by atoms with Gasteiger partial charge in [0.25, 0.3) is 0 Å². The number of amides is 1. The van der Waals surface area contributed by atoms with E-state index in [0.29, 0.717) is 19.4 Å². The number of carbonyl (C=O) groups is 2. The summed E-state index contributed by atoms with van der Waals surface area (Å²) in [4.78, 5) is 24.7. The van der Waals surface area contributed by atoms with Crippen molar-refractivity contribution in [1.29, 1.82) is 0 Å². The Balaban J connectivity index is 1.25. The standard InChI is InChI=1S/C26H29NO5/c28-24(29)23(17-11-14-32-26(15-17)12-5-6-13-26)27-25(30)31-16-22-20-9-3-1-7-18(20)19-8-2-4-10-21(19)22/h1-4,7-10,17,22-23H,5-6,11-16H2,(H,27,30)(H,28,29). The van der Waals surface area contributed by atoms with Gasteiger partial charge in [-0.15, -0.1) is 0 Å². The van der Waals surface area contributed by atoms with Gasteiger partial charge in [0.1, 0.15) is 12.6 Å². The van der Waals surface area contributed by atoms with Crippen LogP contribution in [0.25, 0.3) is 11.1 Å². The van der Waals surface area contributed by atoms with Crippen LogP contribution < -0.4 is 5.32 Å². The summed E-state index contributed by atoms with van der Waals surface area (Å²) in [5.74, 6) is -1.22. The third-order valence-corrected chi connectivity index (χ3v) is 7.40. The molecule has 2 aromatic carbocycles. The lowest BCUT2D eigenvalue weighted by atomic mass is 9.80. The highest BCUT2D eigenvalue weighted by Crippen LogP contribution is 2.45. The van der Waals surface area contributed by atoms with E-state index in [2.05, 4.69) is 29.6 Å². The van der Waals surface area contributed by atoms with Crippen LogP contribution in [-0.4, -0.2) is 42.0 Å². The molecule has 3 aliphatic rings. The van der Waals surface area contributed by atoms with Gasteiger partial charge in [0.2, 0.25) is 0 Å². The van der Waals surface area contributed by atoms with Gasteiger partial charge in [-0.25, -0.2) is 9.59 Å². The topological polar surface area (TPSA) is 84.9 Å². The number of benzene rings is 2. The number of carbonyl (C=O) groups excluding carboxylic acids is 1. The minimum absolute atomic E-state index is 0.0544. The van der Waals surface area contributed by atoms with Crippen LogP contribution in [-0.2, 0) is 14.3 Å². The number of fused-ring (bicyclic) bond motifs is 3. The molecule has 2 N–H and O–H groups in total. The molecule has 1 aliphatic heterocycles. The molecule has 2 fully saturated rings. The number of carboxylic acids is 1. The summed E-state index contributed by atoms with van der Waals surface area (Å²) >= 11 is 0. The monoisotopic (exact) mass is 435 g/mol.